The number of allylic oxidation sites excluding steroid dienone is 1. The van der Waals surface area contributed by atoms with Crippen molar-refractivity contribution in [3.05, 3.63) is 47.2 Å². The molecule has 1 saturated carbocycles. The van der Waals surface area contributed by atoms with Gasteiger partial charge in [-0.3, -0.25) is 4.79 Å². The van der Waals surface area contributed by atoms with Gasteiger partial charge in [0, 0.05) is 31.1 Å². The zero-order valence-corrected chi connectivity index (χ0v) is 18.3. The van der Waals surface area contributed by atoms with Crippen molar-refractivity contribution in [3.63, 3.8) is 0 Å². The van der Waals surface area contributed by atoms with Crippen molar-refractivity contribution in [3.8, 4) is 0 Å². The second-order valence-corrected chi connectivity index (χ2v) is 8.10. The highest BCUT2D eigenvalue weighted by atomic mass is 16.7. The van der Waals surface area contributed by atoms with Gasteiger partial charge in [-0.1, -0.05) is 25.0 Å². The Morgan fingerprint density at radius 2 is 1.90 bits per heavy atom. The first-order chi connectivity index (χ1) is 15.1. The number of nitrogens with one attached hydrogen (secondary N) is 1. The average Bonchev–Trinajstić information content (AvgIpc) is 3.30. The topological polar surface area (TPSA) is 94.1 Å². The number of carbonyl (C=O) groups is 2. The maximum Gasteiger partial charge on any atom is 0.337 e. The van der Waals surface area contributed by atoms with Gasteiger partial charge in [-0.05, 0) is 56.4 Å². The predicted molar refractivity (Wildman–Crippen MR) is 115 cm³/mol. The summed E-state index contributed by atoms with van der Waals surface area (Å²) >= 11 is 0. The van der Waals surface area contributed by atoms with Crippen LogP contribution in [0.25, 0.3) is 0 Å². The van der Waals surface area contributed by atoms with Gasteiger partial charge in [0.2, 0.25) is 6.29 Å². The van der Waals surface area contributed by atoms with Crippen LogP contribution in [0.5, 0.6) is 0 Å². The van der Waals surface area contributed by atoms with Crippen molar-refractivity contribution >= 4 is 11.9 Å². The van der Waals surface area contributed by atoms with Gasteiger partial charge >= 0.3 is 5.97 Å². The minimum absolute atomic E-state index is 0.0703. The summed E-state index contributed by atoms with van der Waals surface area (Å²) in [5.74, 6) is -0.553. The lowest BCUT2D eigenvalue weighted by Crippen LogP contribution is -2.41. The molecule has 1 fully saturated rings. The van der Waals surface area contributed by atoms with Crippen molar-refractivity contribution in [2.24, 2.45) is 5.92 Å². The highest BCUT2D eigenvalue weighted by Gasteiger charge is 2.38. The largest absolute Gasteiger partial charge is 0.465 e. The van der Waals surface area contributed by atoms with E-state index in [1.165, 1.54) is 7.11 Å². The molecule has 1 aliphatic heterocycles. The Morgan fingerprint density at radius 1 is 1.19 bits per heavy atom. The van der Waals surface area contributed by atoms with Crippen LogP contribution in [0.2, 0.25) is 0 Å². The van der Waals surface area contributed by atoms with Crippen molar-refractivity contribution < 1.29 is 28.9 Å². The van der Waals surface area contributed by atoms with Crippen molar-refractivity contribution in [2.45, 2.75) is 63.7 Å². The van der Waals surface area contributed by atoms with E-state index in [2.05, 4.69) is 5.32 Å². The van der Waals surface area contributed by atoms with E-state index in [1.807, 2.05) is 25.1 Å². The first-order valence-electron chi connectivity index (χ1n) is 11.2. The van der Waals surface area contributed by atoms with E-state index in [-0.39, 0.29) is 36.2 Å². The van der Waals surface area contributed by atoms with Gasteiger partial charge in [-0.2, -0.15) is 0 Å². The number of carbonyl (C=O) groups excluding carboxylic acids is 2. The van der Waals surface area contributed by atoms with Crippen LogP contribution >= 0.6 is 0 Å². The summed E-state index contributed by atoms with van der Waals surface area (Å²) in [5, 5.41) is 12.5. The zero-order chi connectivity index (χ0) is 22.2. The monoisotopic (exact) mass is 431 g/mol. The Hall–Kier alpha value is -2.38. The molecule has 7 nitrogen and oxygen atoms in total. The highest BCUT2D eigenvalue weighted by molar-refractivity contribution is 5.92. The second kappa shape index (κ2) is 11.3. The van der Waals surface area contributed by atoms with Gasteiger partial charge in [0.25, 0.3) is 5.91 Å². The quantitative estimate of drug-likeness (QED) is 0.583. The van der Waals surface area contributed by atoms with E-state index in [0.29, 0.717) is 25.0 Å². The van der Waals surface area contributed by atoms with E-state index >= 15 is 0 Å². The third kappa shape index (κ3) is 5.86. The fourth-order valence-corrected chi connectivity index (χ4v) is 4.43. The van der Waals surface area contributed by atoms with Gasteiger partial charge < -0.3 is 24.6 Å². The molecule has 0 unspecified atom stereocenters. The first-order valence-corrected chi connectivity index (χ1v) is 11.2. The minimum atomic E-state index is -0.587. The fraction of sp³-hybridized carbons (Fsp3) is 0.583. The lowest BCUT2D eigenvalue weighted by Gasteiger charge is -2.37. The summed E-state index contributed by atoms with van der Waals surface area (Å²) in [4.78, 5) is 24.7. The Labute approximate surface area is 183 Å². The van der Waals surface area contributed by atoms with Crippen molar-refractivity contribution in [1.29, 1.82) is 0 Å². The summed E-state index contributed by atoms with van der Waals surface area (Å²) in [6, 6.07) is 7.39. The minimum Gasteiger partial charge on any atom is -0.465 e. The molecule has 1 aromatic carbocycles. The maximum atomic E-state index is 12.9. The molecule has 1 heterocycles. The molecule has 2 aliphatic rings. The van der Waals surface area contributed by atoms with E-state index in [4.69, 9.17) is 14.2 Å². The number of rotatable bonds is 9. The van der Waals surface area contributed by atoms with Crippen molar-refractivity contribution in [2.75, 3.05) is 20.3 Å². The van der Waals surface area contributed by atoms with Crippen LogP contribution in [-0.2, 0) is 19.0 Å². The number of aliphatic hydroxyl groups excluding tert-OH is 1. The third-order valence-corrected chi connectivity index (χ3v) is 6.04. The molecule has 2 N–H and O–H groups in total. The Kier molecular flexibility index (Phi) is 8.49. The average molecular weight is 432 g/mol. The van der Waals surface area contributed by atoms with Crippen LogP contribution in [0.3, 0.4) is 0 Å². The molecule has 3 rings (SSSR count). The lowest BCUT2D eigenvalue weighted by molar-refractivity contribution is -0.166. The van der Waals surface area contributed by atoms with Crippen LogP contribution in [0, 0.1) is 5.92 Å². The van der Waals surface area contributed by atoms with E-state index in [0.717, 1.165) is 31.2 Å². The third-order valence-electron chi connectivity index (χ3n) is 6.04. The SMILES string of the molecule is CCO[C@@H]1OC(C(=O)NC2CCCC2)=C[C@H](c2ccc(C(=O)OC)cc2)[C@@H]1CCCO. The predicted octanol–water partition coefficient (Wildman–Crippen LogP) is 3.28. The summed E-state index contributed by atoms with van der Waals surface area (Å²) in [6.07, 6.45) is 6.79. The molecule has 0 aromatic heterocycles. The van der Waals surface area contributed by atoms with Gasteiger partial charge in [-0.25, -0.2) is 4.79 Å². The summed E-state index contributed by atoms with van der Waals surface area (Å²) < 4.78 is 16.7. The molecule has 0 bridgehead atoms. The number of benzene rings is 1. The van der Waals surface area contributed by atoms with Crippen LogP contribution < -0.4 is 5.32 Å². The number of hydrogen-bond acceptors (Lipinski definition) is 6. The summed E-state index contributed by atoms with van der Waals surface area (Å²) in [6.45, 7) is 2.41. The molecule has 0 saturated heterocycles. The summed E-state index contributed by atoms with van der Waals surface area (Å²) in [7, 11) is 1.35. The van der Waals surface area contributed by atoms with Gasteiger partial charge in [-0.15, -0.1) is 0 Å². The number of amides is 1. The molecule has 3 atom stereocenters. The number of esters is 1. The zero-order valence-electron chi connectivity index (χ0n) is 18.3. The lowest BCUT2D eigenvalue weighted by atomic mass is 9.80. The normalized spacial score (nSPS) is 23.7. The van der Waals surface area contributed by atoms with Gasteiger partial charge in [0.05, 0.1) is 12.7 Å². The highest BCUT2D eigenvalue weighted by Crippen LogP contribution is 2.39. The standard InChI is InChI=1S/C24H33NO6/c1-3-30-24-19(9-6-14-26)20(16-10-12-17(13-11-16)23(28)29-2)15-21(31-24)22(27)25-18-7-4-5-8-18/h10-13,15,18-20,24,26H,3-9,14H2,1-2H3,(H,25,27)/t19-,20+,24+/m0/s1. The Bertz CT molecular complexity index is 769. The molecule has 1 aliphatic carbocycles. The fourth-order valence-electron chi connectivity index (χ4n) is 4.43. The van der Waals surface area contributed by atoms with Crippen LogP contribution in [0.1, 0.15) is 67.3 Å². The first kappa shape index (κ1) is 23.3. The number of ether oxygens (including phenoxy) is 3. The van der Waals surface area contributed by atoms with E-state index in [9.17, 15) is 14.7 Å². The van der Waals surface area contributed by atoms with E-state index < -0.39 is 12.3 Å². The molecular weight excluding hydrogens is 398 g/mol. The number of aliphatic hydroxyl groups is 1. The Morgan fingerprint density at radius 3 is 2.52 bits per heavy atom. The summed E-state index contributed by atoms with van der Waals surface area (Å²) in [5.41, 5.74) is 1.42. The molecule has 0 radical (unpaired) electrons. The number of methoxy groups -OCH3 is 1. The van der Waals surface area contributed by atoms with Crippen molar-refractivity contribution in [1.82, 2.24) is 5.32 Å². The molecule has 1 aromatic rings. The molecule has 7 heteroatoms. The van der Waals surface area contributed by atoms with Gasteiger partial charge in [0.15, 0.2) is 5.76 Å². The van der Waals surface area contributed by atoms with Gasteiger partial charge in [0.1, 0.15) is 0 Å². The van der Waals surface area contributed by atoms with E-state index in [1.54, 1.807) is 12.1 Å². The maximum absolute atomic E-state index is 12.9. The molecular formula is C24H33NO6. The number of hydrogen-bond donors (Lipinski definition) is 2. The second-order valence-electron chi connectivity index (χ2n) is 8.10. The van der Waals surface area contributed by atoms with Crippen LogP contribution in [-0.4, -0.2) is 49.6 Å². The van der Waals surface area contributed by atoms with Crippen LogP contribution in [0.4, 0.5) is 0 Å². The molecule has 31 heavy (non-hydrogen) atoms. The Balaban J connectivity index is 1.89. The molecule has 1 amide bonds. The smallest absolute Gasteiger partial charge is 0.337 e. The molecule has 0 spiro atoms. The molecule has 170 valence electrons. The van der Waals surface area contributed by atoms with Crippen LogP contribution in [0.15, 0.2) is 36.1 Å².